The number of ether oxygens (including phenoxy) is 2. The van der Waals surface area contributed by atoms with Crippen molar-refractivity contribution in [2.75, 3.05) is 37.9 Å². The van der Waals surface area contributed by atoms with E-state index >= 15 is 0 Å². The summed E-state index contributed by atoms with van der Waals surface area (Å²) >= 11 is 0. The van der Waals surface area contributed by atoms with Crippen LogP contribution in [0.4, 0.5) is 10.1 Å². The molecule has 4 aromatic rings. The standard InChI is InChI=1S/C26H25FN6O2/c27-21-8-4-5-9-22(21)31-12-14-32(15-13-31)25(20-6-2-1-3-7-20)26-28-29-30-33(26)17-19-10-11-23-24(16-19)35-18-34-23/h1-11,16,25H,12-15,17-18H2/t25-/m0/s1. The Morgan fingerprint density at radius 2 is 1.63 bits per heavy atom. The minimum absolute atomic E-state index is 0.122. The monoisotopic (exact) mass is 472 g/mol. The highest BCUT2D eigenvalue weighted by atomic mass is 19.1. The molecule has 1 fully saturated rings. The van der Waals surface area contributed by atoms with Crippen LogP contribution in [-0.2, 0) is 6.54 Å². The molecule has 178 valence electrons. The molecule has 0 spiro atoms. The van der Waals surface area contributed by atoms with Gasteiger partial charge in [0.1, 0.15) is 5.82 Å². The second-order valence-electron chi connectivity index (χ2n) is 8.67. The number of benzene rings is 3. The van der Waals surface area contributed by atoms with Crippen LogP contribution in [0.1, 0.15) is 23.0 Å². The van der Waals surface area contributed by atoms with E-state index in [1.54, 1.807) is 6.07 Å². The van der Waals surface area contributed by atoms with Crippen LogP contribution in [0.15, 0.2) is 72.8 Å². The highest BCUT2D eigenvalue weighted by Crippen LogP contribution is 2.34. The Balaban J connectivity index is 1.27. The molecule has 0 saturated carbocycles. The molecule has 1 aromatic heterocycles. The van der Waals surface area contributed by atoms with Crippen LogP contribution in [-0.4, -0.2) is 58.1 Å². The number of halogens is 1. The Morgan fingerprint density at radius 3 is 2.46 bits per heavy atom. The van der Waals surface area contributed by atoms with Crippen LogP contribution < -0.4 is 14.4 Å². The number of hydrogen-bond donors (Lipinski definition) is 0. The lowest BCUT2D eigenvalue weighted by Crippen LogP contribution is -2.48. The van der Waals surface area contributed by atoms with Gasteiger partial charge in [0.25, 0.3) is 0 Å². The van der Waals surface area contributed by atoms with Gasteiger partial charge in [-0.25, -0.2) is 9.07 Å². The third kappa shape index (κ3) is 4.30. The molecular weight excluding hydrogens is 447 g/mol. The fourth-order valence-corrected chi connectivity index (χ4v) is 4.82. The minimum Gasteiger partial charge on any atom is -0.454 e. The smallest absolute Gasteiger partial charge is 0.231 e. The number of rotatable bonds is 6. The lowest BCUT2D eigenvalue weighted by Gasteiger charge is -2.40. The van der Waals surface area contributed by atoms with Gasteiger partial charge in [-0.05, 0) is 45.8 Å². The third-order valence-corrected chi connectivity index (χ3v) is 6.56. The summed E-state index contributed by atoms with van der Waals surface area (Å²) in [4.78, 5) is 4.47. The van der Waals surface area contributed by atoms with Gasteiger partial charge < -0.3 is 14.4 Å². The van der Waals surface area contributed by atoms with E-state index in [1.165, 1.54) is 6.07 Å². The first-order chi connectivity index (χ1) is 17.3. The molecule has 0 unspecified atom stereocenters. The predicted molar refractivity (Wildman–Crippen MR) is 128 cm³/mol. The molecular formula is C26H25FN6O2. The SMILES string of the molecule is Fc1ccccc1N1CCN([C@@H](c2ccccc2)c2nnnn2Cc2ccc3c(c2)OCO3)CC1. The highest BCUT2D eigenvalue weighted by molar-refractivity contribution is 5.48. The van der Waals surface area contributed by atoms with Gasteiger partial charge in [-0.3, -0.25) is 4.90 Å². The van der Waals surface area contributed by atoms with E-state index in [1.807, 2.05) is 53.2 Å². The van der Waals surface area contributed by atoms with E-state index < -0.39 is 0 Å². The van der Waals surface area contributed by atoms with Gasteiger partial charge in [0.05, 0.1) is 18.3 Å². The normalized spacial score (nSPS) is 16.4. The summed E-state index contributed by atoms with van der Waals surface area (Å²) in [5, 5.41) is 12.8. The Kier molecular flexibility index (Phi) is 5.75. The minimum atomic E-state index is -0.187. The Hall–Kier alpha value is -3.98. The molecule has 0 radical (unpaired) electrons. The fourth-order valence-electron chi connectivity index (χ4n) is 4.82. The van der Waals surface area contributed by atoms with Gasteiger partial charge in [-0.1, -0.05) is 48.5 Å². The zero-order valence-electron chi connectivity index (χ0n) is 19.1. The molecule has 2 aliphatic heterocycles. The zero-order valence-corrected chi connectivity index (χ0v) is 19.1. The molecule has 8 nitrogen and oxygen atoms in total. The maximum atomic E-state index is 14.4. The fraction of sp³-hybridized carbons (Fsp3) is 0.269. The van der Waals surface area contributed by atoms with Gasteiger partial charge >= 0.3 is 0 Å². The maximum Gasteiger partial charge on any atom is 0.231 e. The van der Waals surface area contributed by atoms with Gasteiger partial charge in [-0.2, -0.15) is 0 Å². The quantitative estimate of drug-likeness (QED) is 0.426. The van der Waals surface area contributed by atoms with Gasteiger partial charge in [0.15, 0.2) is 17.3 Å². The van der Waals surface area contributed by atoms with E-state index in [9.17, 15) is 4.39 Å². The number of nitrogens with zero attached hydrogens (tertiary/aromatic N) is 6. The van der Waals surface area contributed by atoms with Crippen molar-refractivity contribution in [2.45, 2.75) is 12.6 Å². The van der Waals surface area contributed by atoms with Crippen molar-refractivity contribution in [2.24, 2.45) is 0 Å². The molecule has 1 saturated heterocycles. The third-order valence-electron chi connectivity index (χ3n) is 6.56. The van der Waals surface area contributed by atoms with Gasteiger partial charge in [-0.15, -0.1) is 5.10 Å². The molecule has 0 amide bonds. The predicted octanol–water partition coefficient (Wildman–Crippen LogP) is 3.50. The van der Waals surface area contributed by atoms with Crippen LogP contribution in [0.2, 0.25) is 0 Å². The Bertz CT molecular complexity index is 1310. The summed E-state index contributed by atoms with van der Waals surface area (Å²) < 4.78 is 27.2. The molecule has 2 aliphatic rings. The molecule has 0 aliphatic carbocycles. The van der Waals surface area contributed by atoms with Crippen molar-refractivity contribution in [3.05, 3.63) is 95.6 Å². The number of aromatic nitrogens is 4. The number of piperazine rings is 1. The van der Waals surface area contributed by atoms with Crippen LogP contribution in [0.3, 0.4) is 0 Å². The molecule has 3 heterocycles. The number of tetrazole rings is 1. The summed E-state index contributed by atoms with van der Waals surface area (Å²) in [7, 11) is 0. The van der Waals surface area contributed by atoms with Crippen molar-refractivity contribution in [3.8, 4) is 11.5 Å². The largest absolute Gasteiger partial charge is 0.454 e. The van der Waals surface area contributed by atoms with Crippen LogP contribution >= 0.6 is 0 Å². The van der Waals surface area contributed by atoms with E-state index in [-0.39, 0.29) is 18.7 Å². The number of para-hydroxylation sites is 1. The van der Waals surface area contributed by atoms with Crippen molar-refractivity contribution in [3.63, 3.8) is 0 Å². The first-order valence-corrected chi connectivity index (χ1v) is 11.7. The lowest BCUT2D eigenvalue weighted by molar-refractivity contribution is 0.174. The van der Waals surface area contributed by atoms with Crippen LogP contribution in [0.25, 0.3) is 0 Å². The second-order valence-corrected chi connectivity index (χ2v) is 8.67. The van der Waals surface area contributed by atoms with Crippen molar-refractivity contribution < 1.29 is 13.9 Å². The summed E-state index contributed by atoms with van der Waals surface area (Å²) in [6.07, 6.45) is 0. The average Bonchev–Trinajstić information content (AvgIpc) is 3.55. The zero-order chi connectivity index (χ0) is 23.6. The summed E-state index contributed by atoms with van der Waals surface area (Å²) in [6.45, 7) is 3.69. The van der Waals surface area contributed by atoms with Crippen molar-refractivity contribution in [1.82, 2.24) is 25.1 Å². The summed E-state index contributed by atoms with van der Waals surface area (Å²) in [5.74, 6) is 2.07. The summed E-state index contributed by atoms with van der Waals surface area (Å²) in [5.41, 5.74) is 2.80. The van der Waals surface area contributed by atoms with Crippen molar-refractivity contribution in [1.29, 1.82) is 0 Å². The first kappa shape index (κ1) is 21.5. The molecule has 6 rings (SSSR count). The Labute approximate surface area is 202 Å². The van der Waals surface area contributed by atoms with E-state index in [2.05, 4.69) is 37.5 Å². The number of fused-ring (bicyclic) bond motifs is 1. The van der Waals surface area contributed by atoms with E-state index in [0.29, 0.717) is 25.3 Å². The summed E-state index contributed by atoms with van der Waals surface area (Å²) in [6, 6.07) is 23.0. The Morgan fingerprint density at radius 1 is 0.857 bits per heavy atom. The number of anilines is 1. The number of hydrogen-bond acceptors (Lipinski definition) is 7. The molecule has 3 aromatic carbocycles. The maximum absolute atomic E-state index is 14.4. The lowest BCUT2D eigenvalue weighted by atomic mass is 10.0. The average molecular weight is 473 g/mol. The molecule has 1 atom stereocenters. The van der Waals surface area contributed by atoms with E-state index in [0.717, 1.165) is 41.5 Å². The molecule has 9 heteroatoms. The molecule has 35 heavy (non-hydrogen) atoms. The van der Waals surface area contributed by atoms with E-state index in [4.69, 9.17) is 9.47 Å². The topological polar surface area (TPSA) is 68.5 Å². The van der Waals surface area contributed by atoms with Gasteiger partial charge in [0, 0.05) is 26.2 Å². The first-order valence-electron chi connectivity index (χ1n) is 11.7. The molecule has 0 bridgehead atoms. The molecule has 0 N–H and O–H groups in total. The van der Waals surface area contributed by atoms with Gasteiger partial charge in [0.2, 0.25) is 6.79 Å². The van der Waals surface area contributed by atoms with Crippen LogP contribution in [0, 0.1) is 5.82 Å². The second kappa shape index (κ2) is 9.34. The highest BCUT2D eigenvalue weighted by Gasteiger charge is 2.31. The van der Waals surface area contributed by atoms with Crippen LogP contribution in [0.5, 0.6) is 11.5 Å². The van der Waals surface area contributed by atoms with Crippen molar-refractivity contribution >= 4 is 5.69 Å².